The lowest BCUT2D eigenvalue weighted by Gasteiger charge is -2.08. The first-order valence-electron chi connectivity index (χ1n) is 4.91. The van der Waals surface area contributed by atoms with Crippen molar-refractivity contribution in [3.8, 4) is 11.3 Å². The Morgan fingerprint density at radius 2 is 1.73 bits per heavy atom. The third-order valence-corrected chi connectivity index (χ3v) is 2.48. The van der Waals surface area contributed by atoms with E-state index in [1.165, 1.54) is 0 Å². The Morgan fingerprint density at radius 1 is 1.07 bits per heavy atom. The van der Waals surface area contributed by atoms with Crippen LogP contribution >= 0.6 is 0 Å². The molecule has 15 heavy (non-hydrogen) atoms. The van der Waals surface area contributed by atoms with Crippen molar-refractivity contribution in [2.45, 2.75) is 6.92 Å². The Hall–Kier alpha value is -1.83. The standard InChI is InChI=1S/C13H13NO/c1-10-8-12(14(2)13(15)9-10)11-6-4-3-5-7-11/h3-9H,1-2H3. The van der Waals surface area contributed by atoms with Crippen LogP contribution in [-0.4, -0.2) is 4.57 Å². The molecule has 0 spiro atoms. The van der Waals surface area contributed by atoms with Crippen LogP contribution in [0.5, 0.6) is 0 Å². The summed E-state index contributed by atoms with van der Waals surface area (Å²) >= 11 is 0. The fraction of sp³-hybridized carbons (Fsp3) is 0.154. The minimum atomic E-state index is 0.0360. The lowest BCUT2D eigenvalue weighted by atomic mass is 10.1. The number of pyridine rings is 1. The third kappa shape index (κ3) is 1.84. The van der Waals surface area contributed by atoms with E-state index in [1.54, 1.807) is 17.7 Å². The lowest BCUT2D eigenvalue weighted by Crippen LogP contribution is -2.17. The fourth-order valence-electron chi connectivity index (χ4n) is 1.65. The Bertz CT molecular complexity index is 526. The highest BCUT2D eigenvalue weighted by molar-refractivity contribution is 5.60. The summed E-state index contributed by atoms with van der Waals surface area (Å²) in [5.74, 6) is 0. The van der Waals surface area contributed by atoms with Crippen molar-refractivity contribution >= 4 is 0 Å². The maximum absolute atomic E-state index is 11.6. The zero-order chi connectivity index (χ0) is 10.8. The average Bonchev–Trinajstić information content (AvgIpc) is 2.24. The maximum atomic E-state index is 11.6. The second-order valence-electron chi connectivity index (χ2n) is 3.68. The molecule has 0 radical (unpaired) electrons. The van der Waals surface area contributed by atoms with Crippen molar-refractivity contribution in [2.75, 3.05) is 0 Å². The van der Waals surface area contributed by atoms with Gasteiger partial charge in [-0.15, -0.1) is 0 Å². The molecule has 0 aliphatic carbocycles. The number of hydrogen-bond donors (Lipinski definition) is 0. The van der Waals surface area contributed by atoms with E-state index in [2.05, 4.69) is 0 Å². The van der Waals surface area contributed by atoms with Gasteiger partial charge in [-0.25, -0.2) is 0 Å². The largest absolute Gasteiger partial charge is 0.311 e. The van der Waals surface area contributed by atoms with Crippen LogP contribution in [0.4, 0.5) is 0 Å². The second-order valence-corrected chi connectivity index (χ2v) is 3.68. The highest BCUT2D eigenvalue weighted by atomic mass is 16.1. The molecule has 0 amide bonds. The van der Waals surface area contributed by atoms with Gasteiger partial charge in [0.15, 0.2) is 0 Å². The summed E-state index contributed by atoms with van der Waals surface area (Å²) in [6, 6.07) is 13.6. The smallest absolute Gasteiger partial charge is 0.250 e. The summed E-state index contributed by atoms with van der Waals surface area (Å²) in [5.41, 5.74) is 3.06. The first kappa shape index (κ1) is 9.71. The normalized spacial score (nSPS) is 10.3. The molecule has 2 aromatic rings. The summed E-state index contributed by atoms with van der Waals surface area (Å²) < 4.78 is 1.67. The van der Waals surface area contributed by atoms with Crippen LogP contribution in [0.3, 0.4) is 0 Å². The Balaban J connectivity index is 2.68. The van der Waals surface area contributed by atoms with Gasteiger partial charge in [0.1, 0.15) is 0 Å². The maximum Gasteiger partial charge on any atom is 0.250 e. The van der Waals surface area contributed by atoms with E-state index < -0.39 is 0 Å². The van der Waals surface area contributed by atoms with Gasteiger partial charge in [-0.3, -0.25) is 4.79 Å². The van der Waals surface area contributed by atoms with Crippen LogP contribution in [0.2, 0.25) is 0 Å². The first-order chi connectivity index (χ1) is 7.18. The van der Waals surface area contributed by atoms with E-state index in [4.69, 9.17) is 0 Å². The van der Waals surface area contributed by atoms with Gasteiger partial charge >= 0.3 is 0 Å². The molecule has 0 bridgehead atoms. The molecule has 0 aliphatic rings. The fourth-order valence-corrected chi connectivity index (χ4v) is 1.65. The summed E-state index contributed by atoms with van der Waals surface area (Å²) in [4.78, 5) is 11.6. The molecule has 0 aliphatic heterocycles. The van der Waals surface area contributed by atoms with Crippen LogP contribution in [0.1, 0.15) is 5.56 Å². The zero-order valence-electron chi connectivity index (χ0n) is 8.90. The van der Waals surface area contributed by atoms with Crippen molar-refractivity contribution in [1.82, 2.24) is 4.57 Å². The van der Waals surface area contributed by atoms with Gasteiger partial charge in [0.05, 0.1) is 5.69 Å². The van der Waals surface area contributed by atoms with E-state index in [0.717, 1.165) is 16.8 Å². The third-order valence-electron chi connectivity index (χ3n) is 2.48. The quantitative estimate of drug-likeness (QED) is 0.691. The highest BCUT2D eigenvalue weighted by Gasteiger charge is 2.03. The molecule has 2 rings (SSSR count). The van der Waals surface area contributed by atoms with E-state index in [9.17, 15) is 4.79 Å². The number of nitrogens with zero attached hydrogens (tertiary/aromatic N) is 1. The minimum absolute atomic E-state index is 0.0360. The second kappa shape index (κ2) is 3.73. The Kier molecular flexibility index (Phi) is 2.42. The molecule has 76 valence electrons. The van der Waals surface area contributed by atoms with Gasteiger partial charge in [0.25, 0.3) is 5.56 Å². The van der Waals surface area contributed by atoms with E-state index in [-0.39, 0.29) is 5.56 Å². The summed E-state index contributed by atoms with van der Waals surface area (Å²) in [7, 11) is 1.80. The number of aryl methyl sites for hydroxylation is 1. The average molecular weight is 199 g/mol. The van der Waals surface area contributed by atoms with Crippen LogP contribution in [0.25, 0.3) is 11.3 Å². The van der Waals surface area contributed by atoms with Crippen molar-refractivity contribution in [3.63, 3.8) is 0 Å². The molecular weight excluding hydrogens is 186 g/mol. The molecule has 1 heterocycles. The Morgan fingerprint density at radius 3 is 2.40 bits per heavy atom. The minimum Gasteiger partial charge on any atom is -0.311 e. The van der Waals surface area contributed by atoms with E-state index in [1.807, 2.05) is 43.3 Å². The van der Waals surface area contributed by atoms with Gasteiger partial charge in [-0.05, 0) is 24.1 Å². The number of benzene rings is 1. The molecular formula is C13H13NO. The van der Waals surface area contributed by atoms with Crippen molar-refractivity contribution in [3.05, 3.63) is 58.4 Å². The van der Waals surface area contributed by atoms with Crippen molar-refractivity contribution in [2.24, 2.45) is 7.05 Å². The monoisotopic (exact) mass is 199 g/mol. The zero-order valence-corrected chi connectivity index (χ0v) is 8.90. The molecule has 2 nitrogen and oxygen atoms in total. The molecule has 0 fully saturated rings. The van der Waals surface area contributed by atoms with Crippen molar-refractivity contribution < 1.29 is 0 Å². The SMILES string of the molecule is Cc1cc(-c2ccccc2)n(C)c(=O)c1. The molecule has 1 aromatic carbocycles. The van der Waals surface area contributed by atoms with Crippen LogP contribution in [0.15, 0.2) is 47.3 Å². The van der Waals surface area contributed by atoms with Gasteiger partial charge in [-0.2, -0.15) is 0 Å². The predicted octanol–water partition coefficient (Wildman–Crippen LogP) is 2.36. The molecule has 0 N–H and O–H groups in total. The van der Waals surface area contributed by atoms with E-state index >= 15 is 0 Å². The number of rotatable bonds is 1. The Labute approximate surface area is 88.8 Å². The molecule has 0 atom stereocenters. The molecule has 1 aromatic heterocycles. The van der Waals surface area contributed by atoms with E-state index in [0.29, 0.717) is 0 Å². The van der Waals surface area contributed by atoms with Gasteiger partial charge in [0, 0.05) is 13.1 Å². The summed E-state index contributed by atoms with van der Waals surface area (Å²) in [6.07, 6.45) is 0. The van der Waals surface area contributed by atoms with Crippen LogP contribution in [0, 0.1) is 6.92 Å². The molecule has 0 saturated heterocycles. The molecule has 2 heteroatoms. The lowest BCUT2D eigenvalue weighted by molar-refractivity contribution is 0.866. The topological polar surface area (TPSA) is 22.0 Å². The van der Waals surface area contributed by atoms with Gasteiger partial charge < -0.3 is 4.57 Å². The predicted molar refractivity (Wildman–Crippen MR) is 61.9 cm³/mol. The first-order valence-corrected chi connectivity index (χ1v) is 4.91. The van der Waals surface area contributed by atoms with Gasteiger partial charge in [0.2, 0.25) is 0 Å². The van der Waals surface area contributed by atoms with Crippen LogP contribution in [-0.2, 0) is 7.05 Å². The highest BCUT2D eigenvalue weighted by Crippen LogP contribution is 2.17. The van der Waals surface area contributed by atoms with Crippen LogP contribution < -0.4 is 5.56 Å². The summed E-state index contributed by atoms with van der Waals surface area (Å²) in [6.45, 7) is 1.94. The number of hydrogen-bond acceptors (Lipinski definition) is 1. The summed E-state index contributed by atoms with van der Waals surface area (Å²) in [5, 5.41) is 0. The molecule has 0 unspecified atom stereocenters. The molecule has 0 saturated carbocycles. The van der Waals surface area contributed by atoms with Gasteiger partial charge in [-0.1, -0.05) is 30.3 Å². The van der Waals surface area contributed by atoms with Crippen molar-refractivity contribution in [1.29, 1.82) is 0 Å². The number of aromatic nitrogens is 1.